The number of amides is 1. The Morgan fingerprint density at radius 2 is 2.00 bits per heavy atom. The van der Waals surface area contributed by atoms with Crippen molar-refractivity contribution in [2.24, 2.45) is 5.92 Å². The molecule has 130 valence electrons. The lowest BCUT2D eigenvalue weighted by atomic mass is 10.00. The Bertz CT molecular complexity index is 759. The smallest absolute Gasteiger partial charge is 0.264 e. The van der Waals surface area contributed by atoms with E-state index in [0.717, 1.165) is 24.6 Å². The maximum Gasteiger partial charge on any atom is 0.264 e. The molecule has 0 radical (unpaired) electrons. The molecule has 7 nitrogen and oxygen atoms in total. The molecule has 0 aliphatic carbocycles. The molecular formula is C18H20N4O3. The molecule has 25 heavy (non-hydrogen) atoms. The first-order valence-electron chi connectivity index (χ1n) is 8.40. The fourth-order valence-electron chi connectivity index (χ4n) is 2.95. The average molecular weight is 340 g/mol. The van der Waals surface area contributed by atoms with Gasteiger partial charge in [0.15, 0.2) is 17.3 Å². The lowest BCUT2D eigenvalue weighted by Crippen LogP contribution is -2.53. The van der Waals surface area contributed by atoms with Gasteiger partial charge in [0.05, 0.1) is 5.69 Å². The minimum atomic E-state index is -0.603. The molecule has 1 aromatic heterocycles. The number of hydrogen-bond acceptors (Lipinski definition) is 6. The maximum atomic E-state index is 12.3. The van der Waals surface area contributed by atoms with E-state index < -0.39 is 6.10 Å². The highest BCUT2D eigenvalue weighted by atomic mass is 16.6. The van der Waals surface area contributed by atoms with E-state index in [1.807, 2.05) is 37.3 Å². The van der Waals surface area contributed by atoms with Gasteiger partial charge in [-0.2, -0.15) is 5.10 Å². The van der Waals surface area contributed by atoms with Crippen molar-refractivity contribution in [3.05, 3.63) is 42.1 Å². The summed E-state index contributed by atoms with van der Waals surface area (Å²) in [5.74, 6) is 2.45. The standard InChI is InChI=1S/C18H20N4O3/c1-12-6-7-17(21-20-12)22-9-13(10-22)8-19-18(23)16-11-24-14-4-2-3-5-15(14)25-16/h2-7,13,16H,8-11H2,1H3,(H,19,23). The number of ether oxygens (including phenoxy) is 2. The first kappa shape index (κ1) is 15.7. The molecule has 0 saturated carbocycles. The maximum absolute atomic E-state index is 12.3. The molecule has 4 rings (SSSR count). The monoisotopic (exact) mass is 340 g/mol. The second-order valence-electron chi connectivity index (χ2n) is 6.41. The van der Waals surface area contributed by atoms with Crippen molar-refractivity contribution in [2.75, 3.05) is 31.1 Å². The first-order chi connectivity index (χ1) is 12.2. The number of nitrogens with one attached hydrogen (secondary N) is 1. The SMILES string of the molecule is Cc1ccc(N2CC(CNC(=O)C3COc4ccccc4O3)C2)nn1. The zero-order valence-electron chi connectivity index (χ0n) is 14.0. The lowest BCUT2D eigenvalue weighted by molar-refractivity contribution is -0.130. The number of carbonyl (C=O) groups is 1. The van der Waals surface area contributed by atoms with Gasteiger partial charge in [-0.15, -0.1) is 5.10 Å². The Morgan fingerprint density at radius 1 is 1.20 bits per heavy atom. The number of hydrogen-bond donors (Lipinski definition) is 1. The Morgan fingerprint density at radius 3 is 2.76 bits per heavy atom. The van der Waals surface area contributed by atoms with Crippen LogP contribution in [0.1, 0.15) is 5.69 Å². The Hall–Kier alpha value is -2.83. The molecule has 1 N–H and O–H groups in total. The van der Waals surface area contributed by atoms with E-state index in [1.165, 1.54) is 0 Å². The summed E-state index contributed by atoms with van der Waals surface area (Å²) in [6.45, 7) is 4.50. The largest absolute Gasteiger partial charge is 0.485 e. The predicted molar refractivity (Wildman–Crippen MR) is 91.8 cm³/mol. The van der Waals surface area contributed by atoms with Crippen molar-refractivity contribution in [2.45, 2.75) is 13.0 Å². The van der Waals surface area contributed by atoms with Gasteiger partial charge in [-0.3, -0.25) is 4.79 Å². The van der Waals surface area contributed by atoms with Gasteiger partial charge in [-0.25, -0.2) is 0 Å². The second-order valence-corrected chi connectivity index (χ2v) is 6.41. The van der Waals surface area contributed by atoms with Crippen LogP contribution in [0.2, 0.25) is 0 Å². The number of aryl methyl sites for hydroxylation is 1. The van der Waals surface area contributed by atoms with Gasteiger partial charge in [0.25, 0.3) is 5.91 Å². The summed E-state index contributed by atoms with van der Waals surface area (Å²) in [7, 11) is 0. The molecule has 2 aliphatic heterocycles. The Balaban J connectivity index is 1.23. The number of benzene rings is 1. The fraction of sp³-hybridized carbons (Fsp3) is 0.389. The molecule has 1 amide bonds. The molecule has 2 aliphatic rings. The second kappa shape index (κ2) is 6.58. The van der Waals surface area contributed by atoms with E-state index in [2.05, 4.69) is 20.4 Å². The molecule has 3 heterocycles. The zero-order chi connectivity index (χ0) is 17.2. The molecule has 0 bridgehead atoms. The summed E-state index contributed by atoms with van der Waals surface area (Å²) < 4.78 is 11.3. The van der Waals surface area contributed by atoms with Gasteiger partial charge in [-0.1, -0.05) is 12.1 Å². The summed E-state index contributed by atoms with van der Waals surface area (Å²) in [6.07, 6.45) is -0.603. The summed E-state index contributed by atoms with van der Waals surface area (Å²) in [6, 6.07) is 11.3. The van der Waals surface area contributed by atoms with Crippen molar-refractivity contribution in [3.8, 4) is 11.5 Å². The highest BCUT2D eigenvalue weighted by Crippen LogP contribution is 2.31. The van der Waals surface area contributed by atoms with Crippen molar-refractivity contribution in [1.29, 1.82) is 0 Å². The average Bonchev–Trinajstić information content (AvgIpc) is 2.61. The van der Waals surface area contributed by atoms with E-state index in [1.54, 1.807) is 6.07 Å². The number of para-hydroxylation sites is 2. The molecule has 1 saturated heterocycles. The van der Waals surface area contributed by atoms with Crippen LogP contribution in [0, 0.1) is 12.8 Å². The van der Waals surface area contributed by atoms with Crippen LogP contribution in [0.15, 0.2) is 36.4 Å². The van der Waals surface area contributed by atoms with Crippen LogP contribution in [0.3, 0.4) is 0 Å². The van der Waals surface area contributed by atoms with Gasteiger partial charge in [0, 0.05) is 25.6 Å². The van der Waals surface area contributed by atoms with Gasteiger partial charge in [0.2, 0.25) is 6.10 Å². The van der Waals surface area contributed by atoms with Crippen molar-refractivity contribution in [1.82, 2.24) is 15.5 Å². The molecule has 0 spiro atoms. The van der Waals surface area contributed by atoms with E-state index in [4.69, 9.17) is 9.47 Å². The summed E-state index contributed by atoms with van der Waals surface area (Å²) >= 11 is 0. The highest BCUT2D eigenvalue weighted by molar-refractivity contribution is 5.81. The third kappa shape index (κ3) is 3.35. The number of aromatic nitrogens is 2. The predicted octanol–water partition coefficient (Wildman–Crippen LogP) is 1.18. The molecule has 1 fully saturated rings. The van der Waals surface area contributed by atoms with Gasteiger partial charge in [0.1, 0.15) is 6.61 Å². The summed E-state index contributed by atoms with van der Waals surface area (Å²) in [5.41, 5.74) is 0.907. The minimum absolute atomic E-state index is 0.136. The molecular weight excluding hydrogens is 320 g/mol. The molecule has 7 heteroatoms. The molecule has 1 aromatic carbocycles. The van der Waals surface area contributed by atoms with Gasteiger partial charge < -0.3 is 19.7 Å². The number of nitrogens with zero attached hydrogens (tertiary/aromatic N) is 3. The number of carbonyl (C=O) groups excluding carboxylic acids is 1. The van der Waals surface area contributed by atoms with Crippen LogP contribution in [0.5, 0.6) is 11.5 Å². The van der Waals surface area contributed by atoms with Crippen LogP contribution in [0.25, 0.3) is 0 Å². The quantitative estimate of drug-likeness (QED) is 0.901. The molecule has 1 unspecified atom stereocenters. The highest BCUT2D eigenvalue weighted by Gasteiger charge is 2.31. The number of rotatable bonds is 4. The van der Waals surface area contributed by atoms with Gasteiger partial charge in [-0.05, 0) is 31.2 Å². The van der Waals surface area contributed by atoms with E-state index in [0.29, 0.717) is 24.0 Å². The fourth-order valence-corrected chi connectivity index (χ4v) is 2.95. The van der Waals surface area contributed by atoms with Crippen LogP contribution in [-0.4, -0.2) is 48.4 Å². The summed E-state index contributed by atoms with van der Waals surface area (Å²) in [4.78, 5) is 14.4. The van der Waals surface area contributed by atoms with Gasteiger partial charge >= 0.3 is 0 Å². The van der Waals surface area contributed by atoms with Crippen molar-refractivity contribution in [3.63, 3.8) is 0 Å². The minimum Gasteiger partial charge on any atom is -0.485 e. The number of anilines is 1. The zero-order valence-corrected chi connectivity index (χ0v) is 14.0. The Labute approximate surface area is 146 Å². The molecule has 1 atom stereocenters. The van der Waals surface area contributed by atoms with E-state index in [-0.39, 0.29) is 12.5 Å². The van der Waals surface area contributed by atoms with Crippen molar-refractivity contribution >= 4 is 11.7 Å². The van der Waals surface area contributed by atoms with Crippen LogP contribution < -0.4 is 19.7 Å². The van der Waals surface area contributed by atoms with E-state index >= 15 is 0 Å². The number of fused-ring (bicyclic) bond motifs is 1. The van der Waals surface area contributed by atoms with Crippen LogP contribution in [-0.2, 0) is 4.79 Å². The topological polar surface area (TPSA) is 76.6 Å². The normalized spacial score (nSPS) is 19.2. The summed E-state index contributed by atoms with van der Waals surface area (Å²) in [5, 5.41) is 11.2. The lowest BCUT2D eigenvalue weighted by Gasteiger charge is -2.40. The van der Waals surface area contributed by atoms with Crippen LogP contribution >= 0.6 is 0 Å². The third-order valence-corrected chi connectivity index (χ3v) is 4.43. The third-order valence-electron chi connectivity index (χ3n) is 4.43. The Kier molecular flexibility index (Phi) is 4.13. The van der Waals surface area contributed by atoms with Crippen molar-refractivity contribution < 1.29 is 14.3 Å². The van der Waals surface area contributed by atoms with Crippen LogP contribution in [0.4, 0.5) is 5.82 Å². The molecule has 2 aromatic rings. The first-order valence-corrected chi connectivity index (χ1v) is 8.40. The van der Waals surface area contributed by atoms with E-state index in [9.17, 15) is 4.79 Å².